The minimum absolute atomic E-state index is 0.0174. The van der Waals surface area contributed by atoms with Crippen LogP contribution in [0.5, 0.6) is 0 Å². The van der Waals surface area contributed by atoms with Crippen LogP contribution in [0, 0.1) is 0 Å². The quantitative estimate of drug-likeness (QED) is 0.0994. The highest BCUT2D eigenvalue weighted by Gasteiger charge is 2.36. The molecule has 5 aromatic carbocycles. The van der Waals surface area contributed by atoms with Crippen molar-refractivity contribution < 1.29 is 4.79 Å². The zero-order valence-electron chi connectivity index (χ0n) is 24.5. The molecule has 2 atom stereocenters. The SMILES string of the molecule is CCCC[C@H](C)N1C(=O)c2ccc3c4ccc5c6c(ccc(c7ccc(c2c37)C1=S)c64)C(=S)N([C@@H](C)CCCC)C5=S. The Morgan fingerprint density at radius 2 is 0.905 bits per heavy atom. The summed E-state index contributed by atoms with van der Waals surface area (Å²) < 4.78 is 0. The normalized spacial score (nSPS) is 16.6. The summed E-state index contributed by atoms with van der Waals surface area (Å²) in [6.45, 7) is 8.75. The molecule has 0 aliphatic carbocycles. The van der Waals surface area contributed by atoms with Crippen molar-refractivity contribution in [3.8, 4) is 0 Å². The zero-order chi connectivity index (χ0) is 29.4. The number of carbonyl (C=O) groups excluding carboxylic acids is 1. The molecule has 0 saturated heterocycles. The molecule has 1 amide bonds. The van der Waals surface area contributed by atoms with Gasteiger partial charge in [-0.05, 0) is 65.1 Å². The van der Waals surface area contributed by atoms with Crippen molar-refractivity contribution in [3.63, 3.8) is 0 Å². The van der Waals surface area contributed by atoms with Gasteiger partial charge in [0.15, 0.2) is 0 Å². The summed E-state index contributed by atoms with van der Waals surface area (Å²) in [7, 11) is 0. The van der Waals surface area contributed by atoms with Crippen molar-refractivity contribution in [2.24, 2.45) is 0 Å². The molecule has 42 heavy (non-hydrogen) atoms. The Kier molecular flexibility index (Phi) is 6.80. The lowest BCUT2D eigenvalue weighted by atomic mass is 9.82. The maximum Gasteiger partial charge on any atom is 0.259 e. The van der Waals surface area contributed by atoms with E-state index in [-0.39, 0.29) is 18.0 Å². The van der Waals surface area contributed by atoms with Crippen molar-refractivity contribution in [1.29, 1.82) is 0 Å². The van der Waals surface area contributed by atoms with E-state index in [1.165, 1.54) is 5.39 Å². The van der Waals surface area contributed by atoms with Gasteiger partial charge in [-0.25, -0.2) is 0 Å². The Morgan fingerprint density at radius 1 is 0.548 bits per heavy atom. The highest BCUT2D eigenvalue weighted by Crippen LogP contribution is 2.47. The van der Waals surface area contributed by atoms with E-state index in [9.17, 15) is 4.79 Å². The first kappa shape index (κ1) is 27.8. The molecule has 7 rings (SSSR count). The average molecular weight is 607 g/mol. The fraction of sp³-hybridized carbons (Fsp3) is 0.333. The van der Waals surface area contributed by atoms with Gasteiger partial charge in [-0.3, -0.25) is 9.69 Å². The molecule has 0 radical (unpaired) electrons. The number of amides is 1. The van der Waals surface area contributed by atoms with Gasteiger partial charge in [-0.2, -0.15) is 0 Å². The third-order valence-corrected chi connectivity index (χ3v) is 10.8. The Morgan fingerprint density at radius 3 is 1.33 bits per heavy atom. The number of rotatable bonds is 8. The maximum atomic E-state index is 13.9. The van der Waals surface area contributed by atoms with Crippen LogP contribution in [0.25, 0.3) is 43.1 Å². The maximum absolute atomic E-state index is 13.9. The largest absolute Gasteiger partial charge is 0.320 e. The van der Waals surface area contributed by atoms with Crippen LogP contribution in [-0.4, -0.2) is 42.8 Å². The fourth-order valence-electron chi connectivity index (χ4n) is 7.36. The first-order valence-electron chi connectivity index (χ1n) is 15.3. The van der Waals surface area contributed by atoms with Crippen molar-refractivity contribution in [2.75, 3.05) is 0 Å². The summed E-state index contributed by atoms with van der Waals surface area (Å²) in [6, 6.07) is 17.6. The number of hydrogen-bond donors (Lipinski definition) is 0. The molecule has 2 heterocycles. The molecule has 0 bridgehead atoms. The van der Waals surface area contributed by atoms with E-state index in [2.05, 4.69) is 75.1 Å². The number of hydrogen-bond acceptors (Lipinski definition) is 4. The van der Waals surface area contributed by atoms with Crippen LogP contribution in [0.4, 0.5) is 0 Å². The summed E-state index contributed by atoms with van der Waals surface area (Å²) in [5.41, 5.74) is 3.90. The van der Waals surface area contributed by atoms with Crippen LogP contribution in [0.1, 0.15) is 93.3 Å². The van der Waals surface area contributed by atoms with Gasteiger partial charge in [-0.1, -0.05) is 119 Å². The zero-order valence-corrected chi connectivity index (χ0v) is 27.0. The van der Waals surface area contributed by atoms with E-state index in [4.69, 9.17) is 36.7 Å². The minimum Gasteiger partial charge on any atom is -0.320 e. The van der Waals surface area contributed by atoms with E-state index in [1.54, 1.807) is 0 Å². The molecule has 2 aliphatic rings. The second kappa shape index (κ2) is 10.3. The van der Waals surface area contributed by atoms with Gasteiger partial charge in [0.2, 0.25) is 0 Å². The Balaban J connectivity index is 1.47. The Labute approximate surface area is 263 Å². The van der Waals surface area contributed by atoms with Gasteiger partial charge in [0.05, 0.1) is 0 Å². The molecule has 6 heteroatoms. The van der Waals surface area contributed by atoms with E-state index < -0.39 is 0 Å². The predicted molar refractivity (Wildman–Crippen MR) is 189 cm³/mol. The molecular formula is C36H34N2OS3. The summed E-state index contributed by atoms with van der Waals surface area (Å²) in [6.07, 6.45) is 6.46. The van der Waals surface area contributed by atoms with Gasteiger partial charge in [0.1, 0.15) is 15.0 Å². The molecule has 0 spiro atoms. The lowest BCUT2D eigenvalue weighted by Gasteiger charge is -2.37. The lowest BCUT2D eigenvalue weighted by molar-refractivity contribution is 0.0807. The molecule has 0 saturated carbocycles. The van der Waals surface area contributed by atoms with Crippen molar-refractivity contribution >= 4 is 101 Å². The lowest BCUT2D eigenvalue weighted by Crippen LogP contribution is -2.45. The van der Waals surface area contributed by atoms with Crippen LogP contribution in [0.3, 0.4) is 0 Å². The molecule has 0 N–H and O–H groups in total. The molecule has 3 nitrogen and oxygen atoms in total. The van der Waals surface area contributed by atoms with Crippen LogP contribution in [0.15, 0.2) is 48.5 Å². The third-order valence-electron chi connectivity index (χ3n) is 9.53. The van der Waals surface area contributed by atoms with Crippen molar-refractivity contribution in [2.45, 2.75) is 78.3 Å². The first-order valence-corrected chi connectivity index (χ1v) is 16.5. The standard InChI is InChI=1S/C36H34N2OS3/c1-5-7-9-19(3)37-33(39)25-15-11-21-23-13-17-27-32-28(36(42)38(35(27)41)20(4)10-8-6-2)18-14-24(30(23)32)22-12-16-26(34(37)40)31(25)29(21)22/h11-20H,5-10H2,1-4H3/t19-,20-/m0/s1. The number of unbranched alkanes of at least 4 members (excludes halogenated alkanes) is 2. The van der Waals surface area contributed by atoms with Gasteiger partial charge in [0.25, 0.3) is 5.91 Å². The number of nitrogens with zero attached hydrogens (tertiary/aromatic N) is 2. The number of fused-ring (bicyclic) bond motifs is 2. The average Bonchev–Trinajstić information content (AvgIpc) is 2.99. The molecule has 2 aliphatic heterocycles. The van der Waals surface area contributed by atoms with Gasteiger partial charge in [0, 0.05) is 45.1 Å². The smallest absolute Gasteiger partial charge is 0.259 e. The fourth-order valence-corrected chi connectivity index (χ4v) is 8.74. The first-order chi connectivity index (χ1) is 20.3. The predicted octanol–water partition coefficient (Wildman–Crippen LogP) is 9.69. The summed E-state index contributed by atoms with van der Waals surface area (Å²) in [5, 5.41) is 9.06. The molecular weight excluding hydrogens is 573 g/mol. The van der Waals surface area contributed by atoms with Crippen LogP contribution >= 0.6 is 36.7 Å². The molecule has 0 aromatic heterocycles. The van der Waals surface area contributed by atoms with E-state index in [1.807, 2.05) is 11.0 Å². The number of thiocarbonyl (C=S) groups is 3. The van der Waals surface area contributed by atoms with Crippen LogP contribution in [-0.2, 0) is 0 Å². The highest BCUT2D eigenvalue weighted by atomic mass is 32.1. The van der Waals surface area contributed by atoms with Crippen molar-refractivity contribution in [3.05, 3.63) is 70.8 Å². The molecule has 5 aromatic rings. The summed E-state index contributed by atoms with van der Waals surface area (Å²) in [5.74, 6) is 0.0174. The Hall–Kier alpha value is -3.06. The van der Waals surface area contributed by atoms with E-state index in [0.29, 0.717) is 4.99 Å². The topological polar surface area (TPSA) is 23.6 Å². The monoisotopic (exact) mass is 606 g/mol. The van der Waals surface area contributed by atoms with E-state index >= 15 is 0 Å². The third kappa shape index (κ3) is 3.74. The van der Waals surface area contributed by atoms with Crippen LogP contribution < -0.4 is 0 Å². The second-order valence-electron chi connectivity index (χ2n) is 12.1. The van der Waals surface area contributed by atoms with Crippen molar-refractivity contribution in [1.82, 2.24) is 9.80 Å². The van der Waals surface area contributed by atoms with Gasteiger partial charge in [-0.15, -0.1) is 0 Å². The Bertz CT molecular complexity index is 1730. The van der Waals surface area contributed by atoms with Gasteiger partial charge < -0.3 is 4.90 Å². The molecule has 0 unspecified atom stereocenters. The number of benzene rings is 5. The molecule has 0 fully saturated rings. The number of carbonyl (C=O) groups is 1. The second-order valence-corrected chi connectivity index (χ2v) is 13.2. The summed E-state index contributed by atoms with van der Waals surface area (Å²) >= 11 is 18.3. The van der Waals surface area contributed by atoms with Crippen LogP contribution in [0.2, 0.25) is 0 Å². The van der Waals surface area contributed by atoms with Gasteiger partial charge >= 0.3 is 0 Å². The minimum atomic E-state index is 0.0174. The van der Waals surface area contributed by atoms with E-state index in [0.717, 1.165) is 108 Å². The summed E-state index contributed by atoms with van der Waals surface area (Å²) in [4.78, 5) is 20.3. The highest BCUT2D eigenvalue weighted by molar-refractivity contribution is 7.82. The molecule has 212 valence electrons.